The third-order valence-electron chi connectivity index (χ3n) is 3.16. The molecule has 0 bridgehead atoms. The molecule has 1 N–H and O–H groups in total. The highest BCUT2D eigenvalue weighted by molar-refractivity contribution is 5.92. The summed E-state index contributed by atoms with van der Waals surface area (Å²) in [5.74, 6) is -0.660. The van der Waals surface area contributed by atoms with Crippen LogP contribution in [0.25, 0.3) is 0 Å². The Bertz CT molecular complexity index is 742. The average molecular weight is 328 g/mol. The quantitative estimate of drug-likeness (QED) is 0.831. The molecular weight excluding hydrogens is 310 g/mol. The van der Waals surface area contributed by atoms with Crippen LogP contribution >= 0.6 is 0 Å². The molecule has 0 fully saturated rings. The predicted octanol–water partition coefficient (Wildman–Crippen LogP) is 1.45. The normalized spacial score (nSPS) is 10.1. The van der Waals surface area contributed by atoms with E-state index in [4.69, 9.17) is 9.47 Å². The molecule has 0 saturated heterocycles. The Morgan fingerprint density at radius 2 is 1.83 bits per heavy atom. The monoisotopic (exact) mass is 328 g/mol. The second-order valence-electron chi connectivity index (χ2n) is 5.29. The van der Waals surface area contributed by atoms with Crippen molar-refractivity contribution in [3.05, 3.63) is 53.6 Å². The van der Waals surface area contributed by atoms with E-state index in [0.717, 1.165) is 11.1 Å². The Balaban J connectivity index is 1.90. The van der Waals surface area contributed by atoms with Crippen LogP contribution in [0, 0.1) is 13.8 Å². The minimum Gasteiger partial charge on any atom is -0.546 e. The second-order valence-corrected chi connectivity index (χ2v) is 5.29. The molecule has 6 nitrogen and oxygen atoms in total. The zero-order valence-corrected chi connectivity index (χ0v) is 13.5. The van der Waals surface area contributed by atoms with Gasteiger partial charge >= 0.3 is 0 Å². The highest BCUT2D eigenvalue weighted by Gasteiger charge is 2.06. The van der Waals surface area contributed by atoms with Crippen molar-refractivity contribution < 1.29 is 24.2 Å². The molecule has 0 aliphatic carbocycles. The second kappa shape index (κ2) is 8.01. The molecule has 0 aliphatic heterocycles. The molecule has 0 aromatic heterocycles. The van der Waals surface area contributed by atoms with Gasteiger partial charge in [-0.3, -0.25) is 4.79 Å². The van der Waals surface area contributed by atoms with Crippen LogP contribution in [0.15, 0.2) is 42.5 Å². The number of benzene rings is 2. The topological polar surface area (TPSA) is 87.7 Å². The molecule has 0 spiro atoms. The zero-order valence-electron chi connectivity index (χ0n) is 13.5. The van der Waals surface area contributed by atoms with Crippen LogP contribution in [0.5, 0.6) is 11.5 Å². The number of carbonyl (C=O) groups is 2. The Morgan fingerprint density at radius 3 is 2.54 bits per heavy atom. The summed E-state index contributed by atoms with van der Waals surface area (Å²) in [6.45, 7) is 3.22. The number of carboxylic acids is 1. The number of amides is 1. The molecule has 126 valence electrons. The molecule has 2 aromatic carbocycles. The lowest BCUT2D eigenvalue weighted by atomic mass is 10.1. The van der Waals surface area contributed by atoms with Gasteiger partial charge in [-0.1, -0.05) is 23.8 Å². The maximum absolute atomic E-state index is 12.0. The van der Waals surface area contributed by atoms with Crippen molar-refractivity contribution in [2.45, 2.75) is 13.8 Å². The van der Waals surface area contributed by atoms with Gasteiger partial charge in [0.15, 0.2) is 6.61 Å². The van der Waals surface area contributed by atoms with E-state index in [1.165, 1.54) is 6.07 Å². The molecule has 0 saturated carbocycles. The third-order valence-corrected chi connectivity index (χ3v) is 3.16. The van der Waals surface area contributed by atoms with Crippen LogP contribution in [-0.2, 0) is 9.59 Å². The highest BCUT2D eigenvalue weighted by Crippen LogP contribution is 2.19. The maximum Gasteiger partial charge on any atom is 0.262 e. The van der Waals surface area contributed by atoms with E-state index in [-0.39, 0.29) is 12.5 Å². The molecule has 1 amide bonds. The zero-order chi connectivity index (χ0) is 17.5. The van der Waals surface area contributed by atoms with E-state index in [9.17, 15) is 14.7 Å². The van der Waals surface area contributed by atoms with Crippen molar-refractivity contribution >= 4 is 17.6 Å². The smallest absolute Gasteiger partial charge is 0.262 e. The summed E-state index contributed by atoms with van der Waals surface area (Å²) in [6.07, 6.45) is 0. The first-order chi connectivity index (χ1) is 11.4. The first-order valence-corrected chi connectivity index (χ1v) is 7.36. The fourth-order valence-electron chi connectivity index (χ4n) is 2.11. The summed E-state index contributed by atoms with van der Waals surface area (Å²) in [5, 5.41) is 13.0. The lowest BCUT2D eigenvalue weighted by molar-refractivity contribution is -0.307. The van der Waals surface area contributed by atoms with E-state index in [2.05, 4.69) is 5.32 Å². The minimum atomic E-state index is -1.31. The van der Waals surface area contributed by atoms with Crippen LogP contribution in [0.4, 0.5) is 5.69 Å². The van der Waals surface area contributed by atoms with Crippen molar-refractivity contribution in [1.82, 2.24) is 0 Å². The number of hydrogen-bond donors (Lipinski definition) is 1. The van der Waals surface area contributed by atoms with Crippen LogP contribution in [0.1, 0.15) is 11.1 Å². The fourth-order valence-corrected chi connectivity index (χ4v) is 2.11. The van der Waals surface area contributed by atoms with Crippen LogP contribution in [0.3, 0.4) is 0 Å². The first-order valence-electron chi connectivity index (χ1n) is 7.36. The summed E-state index contributed by atoms with van der Waals surface area (Å²) in [7, 11) is 0. The number of aliphatic carboxylic acids is 1. The number of nitrogens with one attached hydrogen (secondary N) is 1. The SMILES string of the molecule is Cc1ccc(OCC(=O)Nc2cccc(OCC(=O)[O-])c2)c(C)c1. The molecule has 2 aromatic rings. The van der Waals surface area contributed by atoms with Gasteiger partial charge in [-0.25, -0.2) is 0 Å². The Morgan fingerprint density at radius 1 is 1.04 bits per heavy atom. The van der Waals surface area contributed by atoms with Crippen molar-refractivity contribution in [3.8, 4) is 11.5 Å². The largest absolute Gasteiger partial charge is 0.546 e. The molecule has 2 rings (SSSR count). The van der Waals surface area contributed by atoms with E-state index >= 15 is 0 Å². The molecule has 6 heteroatoms. The molecule has 0 heterocycles. The fraction of sp³-hybridized carbons (Fsp3) is 0.222. The Hall–Kier alpha value is -3.02. The Labute approximate surface area is 140 Å². The standard InChI is InChI=1S/C18H19NO5/c1-12-6-7-16(13(2)8-12)24-10-17(20)19-14-4-3-5-15(9-14)23-11-18(21)22/h3-9H,10-11H2,1-2H3,(H,19,20)(H,21,22)/p-1. The summed E-state index contributed by atoms with van der Waals surface area (Å²) in [4.78, 5) is 22.3. The van der Waals surface area contributed by atoms with Crippen molar-refractivity contribution in [2.24, 2.45) is 0 Å². The summed E-state index contributed by atoms with van der Waals surface area (Å²) in [6, 6.07) is 12.1. The van der Waals surface area contributed by atoms with Gasteiger partial charge in [-0.15, -0.1) is 0 Å². The number of rotatable bonds is 7. The van der Waals surface area contributed by atoms with E-state index in [0.29, 0.717) is 17.2 Å². The first kappa shape index (κ1) is 17.3. The summed E-state index contributed by atoms with van der Waals surface area (Å²) >= 11 is 0. The highest BCUT2D eigenvalue weighted by atomic mass is 16.5. The molecule has 0 unspecified atom stereocenters. The molecular formula is C18H18NO5-. The van der Waals surface area contributed by atoms with Crippen LogP contribution < -0.4 is 19.9 Å². The van der Waals surface area contributed by atoms with Crippen molar-refractivity contribution in [3.63, 3.8) is 0 Å². The third kappa shape index (κ3) is 5.31. The lowest BCUT2D eigenvalue weighted by Gasteiger charge is -2.11. The molecule has 0 radical (unpaired) electrons. The molecule has 24 heavy (non-hydrogen) atoms. The van der Waals surface area contributed by atoms with Gasteiger partial charge < -0.3 is 24.7 Å². The van der Waals surface area contributed by atoms with E-state index in [1.807, 2.05) is 32.0 Å². The van der Waals surface area contributed by atoms with Crippen molar-refractivity contribution in [2.75, 3.05) is 18.5 Å². The number of carbonyl (C=O) groups excluding carboxylic acids is 2. The van der Waals surface area contributed by atoms with Gasteiger partial charge in [0, 0.05) is 11.8 Å². The van der Waals surface area contributed by atoms with Gasteiger partial charge in [0.25, 0.3) is 5.91 Å². The molecule has 0 atom stereocenters. The maximum atomic E-state index is 12.0. The number of anilines is 1. The van der Waals surface area contributed by atoms with E-state index in [1.54, 1.807) is 18.2 Å². The number of aryl methyl sites for hydroxylation is 2. The average Bonchev–Trinajstić information content (AvgIpc) is 2.52. The van der Waals surface area contributed by atoms with Gasteiger partial charge in [0.05, 0.1) is 5.97 Å². The van der Waals surface area contributed by atoms with Gasteiger partial charge in [-0.2, -0.15) is 0 Å². The number of hydrogen-bond acceptors (Lipinski definition) is 5. The number of carboxylic acid groups (broad SMARTS) is 1. The van der Waals surface area contributed by atoms with Crippen molar-refractivity contribution in [1.29, 1.82) is 0 Å². The minimum absolute atomic E-state index is 0.131. The van der Waals surface area contributed by atoms with Gasteiger partial charge in [0.2, 0.25) is 0 Å². The predicted molar refractivity (Wildman–Crippen MR) is 87.0 cm³/mol. The number of ether oxygens (including phenoxy) is 2. The van der Waals surface area contributed by atoms with Gasteiger partial charge in [0.1, 0.15) is 18.1 Å². The molecule has 0 aliphatic rings. The van der Waals surface area contributed by atoms with Crippen LogP contribution in [-0.4, -0.2) is 25.1 Å². The van der Waals surface area contributed by atoms with E-state index < -0.39 is 12.6 Å². The van der Waals surface area contributed by atoms with Crippen LogP contribution in [0.2, 0.25) is 0 Å². The van der Waals surface area contributed by atoms with Gasteiger partial charge in [-0.05, 0) is 37.6 Å². The summed E-state index contributed by atoms with van der Waals surface area (Å²) in [5.41, 5.74) is 2.57. The summed E-state index contributed by atoms with van der Waals surface area (Å²) < 4.78 is 10.5. The lowest BCUT2D eigenvalue weighted by Crippen LogP contribution is -2.28. The Kier molecular flexibility index (Phi) is 5.78.